The van der Waals surface area contributed by atoms with Gasteiger partial charge in [0.05, 0.1) is 19.3 Å². The second-order valence-electron chi connectivity index (χ2n) is 4.33. The molecule has 0 bridgehead atoms. The van der Waals surface area contributed by atoms with Crippen LogP contribution in [0.3, 0.4) is 0 Å². The van der Waals surface area contributed by atoms with Crippen LogP contribution >= 0.6 is 11.8 Å². The number of aromatic nitrogens is 1. The molecule has 2 rings (SSSR count). The molecule has 0 spiro atoms. The Morgan fingerprint density at radius 3 is 2.65 bits per heavy atom. The SMILES string of the molecule is [O-][n+]1ccccc1SCC(O)COCc1ccccc1. The molecule has 0 aliphatic rings. The van der Waals surface area contributed by atoms with Crippen LogP contribution in [0.4, 0.5) is 0 Å². The molecule has 0 saturated heterocycles. The summed E-state index contributed by atoms with van der Waals surface area (Å²) in [7, 11) is 0. The van der Waals surface area contributed by atoms with Crippen LogP contribution in [0.2, 0.25) is 0 Å². The van der Waals surface area contributed by atoms with Crippen LogP contribution in [0.15, 0.2) is 59.8 Å². The molecule has 0 amide bonds. The zero-order chi connectivity index (χ0) is 14.2. The number of aliphatic hydroxyl groups is 1. The average molecular weight is 291 g/mol. The third-order valence-electron chi connectivity index (χ3n) is 2.63. The van der Waals surface area contributed by atoms with Gasteiger partial charge in [0.1, 0.15) is 0 Å². The summed E-state index contributed by atoms with van der Waals surface area (Å²) in [5.41, 5.74) is 1.08. The molecule has 0 aliphatic carbocycles. The van der Waals surface area contributed by atoms with Gasteiger partial charge in [0, 0.05) is 17.9 Å². The van der Waals surface area contributed by atoms with Crippen LogP contribution in [-0.4, -0.2) is 23.6 Å². The molecule has 1 atom stereocenters. The number of hydrogen-bond acceptors (Lipinski definition) is 4. The summed E-state index contributed by atoms with van der Waals surface area (Å²) >= 11 is 1.32. The Morgan fingerprint density at radius 1 is 1.15 bits per heavy atom. The van der Waals surface area contributed by atoms with Crippen LogP contribution < -0.4 is 4.73 Å². The highest BCUT2D eigenvalue weighted by Crippen LogP contribution is 2.14. The summed E-state index contributed by atoms with van der Waals surface area (Å²) in [6.07, 6.45) is 0.851. The van der Waals surface area contributed by atoms with Gasteiger partial charge in [-0.2, -0.15) is 4.73 Å². The van der Waals surface area contributed by atoms with Crippen LogP contribution in [0.25, 0.3) is 0 Å². The van der Waals surface area contributed by atoms with Crippen LogP contribution in [0.5, 0.6) is 0 Å². The lowest BCUT2D eigenvalue weighted by atomic mass is 10.2. The molecule has 1 aromatic carbocycles. The second-order valence-corrected chi connectivity index (χ2v) is 5.37. The molecule has 5 heteroatoms. The zero-order valence-electron chi connectivity index (χ0n) is 11.0. The first-order valence-corrected chi connectivity index (χ1v) is 7.35. The topological polar surface area (TPSA) is 56.4 Å². The number of thioether (sulfide) groups is 1. The highest BCUT2D eigenvalue weighted by Gasteiger charge is 2.10. The Balaban J connectivity index is 1.68. The molecule has 106 valence electrons. The maximum atomic E-state index is 11.4. The molecular formula is C15H17NO3S. The van der Waals surface area contributed by atoms with Crippen LogP contribution in [-0.2, 0) is 11.3 Å². The van der Waals surface area contributed by atoms with Gasteiger partial charge in [0.15, 0.2) is 6.20 Å². The number of benzene rings is 1. The van der Waals surface area contributed by atoms with Crippen molar-refractivity contribution in [1.82, 2.24) is 0 Å². The smallest absolute Gasteiger partial charge is 0.251 e. The van der Waals surface area contributed by atoms with E-state index in [1.54, 1.807) is 18.2 Å². The molecule has 0 fully saturated rings. The largest absolute Gasteiger partial charge is 0.618 e. The van der Waals surface area contributed by atoms with E-state index in [-0.39, 0.29) is 6.61 Å². The van der Waals surface area contributed by atoms with Gasteiger partial charge in [-0.3, -0.25) is 0 Å². The number of hydrogen-bond donors (Lipinski definition) is 1. The highest BCUT2D eigenvalue weighted by atomic mass is 32.2. The van der Waals surface area contributed by atoms with Gasteiger partial charge in [-0.05, 0) is 11.6 Å². The average Bonchev–Trinajstić information content (AvgIpc) is 2.47. The van der Waals surface area contributed by atoms with E-state index in [9.17, 15) is 10.3 Å². The van der Waals surface area contributed by atoms with Gasteiger partial charge in [-0.25, -0.2) is 0 Å². The second kappa shape index (κ2) is 7.89. The summed E-state index contributed by atoms with van der Waals surface area (Å²) in [6.45, 7) is 0.739. The standard InChI is InChI=1S/C15H17NO3S/c17-14(11-19-10-13-6-2-1-3-7-13)12-20-15-8-4-5-9-16(15)18/h1-9,14,17H,10-12H2. The van der Waals surface area contributed by atoms with E-state index in [1.807, 2.05) is 30.3 Å². The molecule has 20 heavy (non-hydrogen) atoms. The molecule has 1 unspecified atom stereocenters. The number of ether oxygens (including phenoxy) is 1. The lowest BCUT2D eigenvalue weighted by Gasteiger charge is -2.10. The summed E-state index contributed by atoms with van der Waals surface area (Å²) < 4.78 is 6.25. The van der Waals surface area contributed by atoms with Gasteiger partial charge in [-0.1, -0.05) is 42.1 Å². The fourth-order valence-electron chi connectivity index (χ4n) is 1.64. The van der Waals surface area contributed by atoms with Crippen molar-refractivity contribution in [3.63, 3.8) is 0 Å². The minimum atomic E-state index is -0.594. The van der Waals surface area contributed by atoms with E-state index in [1.165, 1.54) is 18.0 Å². The van der Waals surface area contributed by atoms with E-state index in [4.69, 9.17) is 4.74 Å². The third-order valence-corrected chi connectivity index (χ3v) is 3.80. The maximum absolute atomic E-state index is 11.4. The fourth-order valence-corrected chi connectivity index (χ4v) is 2.46. The molecule has 2 aromatic rings. The van der Waals surface area contributed by atoms with E-state index < -0.39 is 6.10 Å². The Morgan fingerprint density at radius 2 is 1.90 bits per heavy atom. The summed E-state index contributed by atoms with van der Waals surface area (Å²) in [5, 5.41) is 21.8. The quantitative estimate of drug-likeness (QED) is 0.481. The van der Waals surface area contributed by atoms with E-state index in [0.717, 1.165) is 10.3 Å². The lowest BCUT2D eigenvalue weighted by molar-refractivity contribution is -0.645. The minimum absolute atomic E-state index is 0.258. The number of rotatable bonds is 7. The summed E-state index contributed by atoms with van der Waals surface area (Å²) in [4.78, 5) is 0. The Hall–Kier alpha value is -1.56. The molecule has 0 saturated carbocycles. The first kappa shape index (κ1) is 14.8. The molecule has 1 heterocycles. The molecule has 1 aromatic heterocycles. The predicted octanol–water partition coefficient (Wildman–Crippen LogP) is 1.99. The van der Waals surface area contributed by atoms with Crippen molar-refractivity contribution in [3.05, 3.63) is 65.5 Å². The van der Waals surface area contributed by atoms with Crippen molar-refractivity contribution >= 4 is 11.8 Å². The van der Waals surface area contributed by atoms with E-state index in [2.05, 4.69) is 0 Å². The maximum Gasteiger partial charge on any atom is 0.251 e. The van der Waals surface area contributed by atoms with Crippen molar-refractivity contribution in [3.8, 4) is 0 Å². The van der Waals surface area contributed by atoms with Gasteiger partial charge < -0.3 is 15.1 Å². The van der Waals surface area contributed by atoms with Gasteiger partial charge in [0.25, 0.3) is 5.03 Å². The van der Waals surface area contributed by atoms with Crippen LogP contribution in [0.1, 0.15) is 5.56 Å². The normalized spacial score (nSPS) is 12.2. The number of nitrogens with zero attached hydrogens (tertiary/aromatic N) is 1. The Labute approximate surface area is 122 Å². The van der Waals surface area contributed by atoms with Crippen molar-refractivity contribution in [2.45, 2.75) is 17.7 Å². The molecule has 0 radical (unpaired) electrons. The first-order chi connectivity index (χ1) is 9.75. The summed E-state index contributed by atoms with van der Waals surface area (Å²) in [5.74, 6) is 0.432. The lowest BCUT2D eigenvalue weighted by Crippen LogP contribution is -2.28. The minimum Gasteiger partial charge on any atom is -0.618 e. The van der Waals surface area contributed by atoms with Crippen molar-refractivity contribution in [2.75, 3.05) is 12.4 Å². The molecular weight excluding hydrogens is 274 g/mol. The Bertz CT molecular complexity index is 522. The third kappa shape index (κ3) is 4.85. The van der Waals surface area contributed by atoms with Crippen molar-refractivity contribution < 1.29 is 14.6 Å². The fraction of sp³-hybridized carbons (Fsp3) is 0.267. The predicted molar refractivity (Wildman–Crippen MR) is 78.2 cm³/mol. The van der Waals surface area contributed by atoms with E-state index in [0.29, 0.717) is 17.4 Å². The van der Waals surface area contributed by atoms with Gasteiger partial charge in [0.2, 0.25) is 0 Å². The Kier molecular flexibility index (Phi) is 5.86. The monoisotopic (exact) mass is 291 g/mol. The zero-order valence-corrected chi connectivity index (χ0v) is 11.8. The molecule has 4 nitrogen and oxygen atoms in total. The van der Waals surface area contributed by atoms with Crippen LogP contribution in [0, 0.1) is 5.21 Å². The van der Waals surface area contributed by atoms with Crippen molar-refractivity contribution in [2.24, 2.45) is 0 Å². The van der Waals surface area contributed by atoms with Crippen molar-refractivity contribution in [1.29, 1.82) is 0 Å². The van der Waals surface area contributed by atoms with Gasteiger partial charge >= 0.3 is 0 Å². The van der Waals surface area contributed by atoms with Gasteiger partial charge in [-0.15, -0.1) is 0 Å². The molecule has 1 N–H and O–H groups in total. The van der Waals surface area contributed by atoms with E-state index >= 15 is 0 Å². The number of aliphatic hydroxyl groups excluding tert-OH is 1. The molecule has 0 aliphatic heterocycles. The highest BCUT2D eigenvalue weighted by molar-refractivity contribution is 7.99. The summed E-state index contributed by atoms with van der Waals surface area (Å²) in [6, 6.07) is 15.0. The first-order valence-electron chi connectivity index (χ1n) is 6.36. The number of pyridine rings is 1.